The number of rotatable bonds is 5. The molecule has 3 aromatic rings. The molecule has 0 aliphatic heterocycles. The molecule has 27 heavy (non-hydrogen) atoms. The second-order valence-electron chi connectivity index (χ2n) is 5.24. The molecule has 0 aliphatic rings. The van der Waals surface area contributed by atoms with Gasteiger partial charge in [-0.15, -0.1) is 10.2 Å². The summed E-state index contributed by atoms with van der Waals surface area (Å²) >= 11 is 3.29. The summed E-state index contributed by atoms with van der Waals surface area (Å²) in [7, 11) is 0. The van der Waals surface area contributed by atoms with Gasteiger partial charge in [0, 0.05) is 10.7 Å². The fourth-order valence-corrected chi connectivity index (χ4v) is 2.47. The fraction of sp³-hybridized carbons (Fsp3) is 0. The van der Waals surface area contributed by atoms with E-state index in [1.807, 2.05) is 0 Å². The molecule has 0 saturated heterocycles. The summed E-state index contributed by atoms with van der Waals surface area (Å²) in [6, 6.07) is 18.5. The molecule has 0 bridgehead atoms. The minimum Gasteiger partial charge on any atom is -0.338 e. The molecular formula is C19H13BrN4O3. The summed E-state index contributed by atoms with van der Waals surface area (Å²) in [5.41, 5.74) is 4.22. The van der Waals surface area contributed by atoms with Crippen LogP contribution in [-0.4, -0.2) is 16.9 Å². The van der Waals surface area contributed by atoms with Gasteiger partial charge in [0.1, 0.15) is 5.69 Å². The summed E-state index contributed by atoms with van der Waals surface area (Å²) in [6.45, 7) is 0. The van der Waals surface area contributed by atoms with Crippen LogP contribution in [0, 0.1) is 0 Å². The Hall–Kier alpha value is -3.39. The SMILES string of the molecule is O=C(N=Nc1ccc(NOC(=O)c2ccccc2Br)cc1)c1ccccn1. The minimum absolute atomic E-state index is 0.221. The largest absolute Gasteiger partial charge is 0.363 e. The monoisotopic (exact) mass is 424 g/mol. The van der Waals surface area contributed by atoms with Crippen LogP contribution in [0.1, 0.15) is 20.8 Å². The molecule has 1 aromatic heterocycles. The molecule has 8 heteroatoms. The Morgan fingerprint density at radius 3 is 2.41 bits per heavy atom. The fourth-order valence-electron chi connectivity index (χ4n) is 2.03. The van der Waals surface area contributed by atoms with Crippen molar-refractivity contribution in [1.82, 2.24) is 4.98 Å². The quantitative estimate of drug-likeness (QED) is 0.461. The molecular weight excluding hydrogens is 412 g/mol. The molecule has 1 N–H and O–H groups in total. The van der Waals surface area contributed by atoms with Gasteiger partial charge in [-0.05, 0) is 64.5 Å². The standard InChI is InChI=1S/C19H13BrN4O3/c20-16-6-2-1-5-15(16)19(26)27-24-14-10-8-13(9-11-14)22-23-18(25)17-7-3-4-12-21-17/h1-12,24H. The van der Waals surface area contributed by atoms with Gasteiger partial charge < -0.3 is 4.84 Å². The Kier molecular flexibility index (Phi) is 6.01. The highest BCUT2D eigenvalue weighted by molar-refractivity contribution is 9.10. The number of amides is 1. The zero-order valence-corrected chi connectivity index (χ0v) is 15.5. The average molecular weight is 425 g/mol. The minimum atomic E-state index is -0.528. The number of pyridine rings is 1. The summed E-state index contributed by atoms with van der Waals surface area (Å²) in [5, 5.41) is 7.50. The van der Waals surface area contributed by atoms with Crippen LogP contribution in [0.4, 0.5) is 11.4 Å². The van der Waals surface area contributed by atoms with E-state index in [9.17, 15) is 9.59 Å². The number of azo groups is 1. The molecule has 2 aromatic carbocycles. The molecule has 1 heterocycles. The maximum Gasteiger partial charge on any atom is 0.363 e. The highest BCUT2D eigenvalue weighted by Crippen LogP contribution is 2.19. The third-order valence-electron chi connectivity index (χ3n) is 3.36. The smallest absolute Gasteiger partial charge is 0.338 e. The zero-order valence-electron chi connectivity index (χ0n) is 13.9. The molecule has 0 fully saturated rings. The van der Waals surface area contributed by atoms with Gasteiger partial charge >= 0.3 is 11.9 Å². The Labute approximate surface area is 163 Å². The van der Waals surface area contributed by atoms with E-state index >= 15 is 0 Å². The summed E-state index contributed by atoms with van der Waals surface area (Å²) in [5.74, 6) is -1.05. The summed E-state index contributed by atoms with van der Waals surface area (Å²) < 4.78 is 0.644. The van der Waals surface area contributed by atoms with Gasteiger partial charge in [0.25, 0.3) is 0 Å². The van der Waals surface area contributed by atoms with E-state index < -0.39 is 11.9 Å². The van der Waals surface area contributed by atoms with Crippen molar-refractivity contribution in [1.29, 1.82) is 0 Å². The van der Waals surface area contributed by atoms with E-state index in [0.29, 0.717) is 21.4 Å². The van der Waals surface area contributed by atoms with Gasteiger partial charge in [-0.2, -0.15) is 0 Å². The van der Waals surface area contributed by atoms with Gasteiger partial charge in [0.2, 0.25) is 0 Å². The van der Waals surface area contributed by atoms with E-state index in [4.69, 9.17) is 4.84 Å². The molecule has 0 saturated carbocycles. The lowest BCUT2D eigenvalue weighted by Crippen LogP contribution is -2.11. The molecule has 1 amide bonds. The summed E-state index contributed by atoms with van der Waals surface area (Å²) in [6.07, 6.45) is 1.51. The predicted octanol–water partition coefficient (Wildman–Crippen LogP) is 4.95. The first-order chi connectivity index (χ1) is 13.1. The van der Waals surface area contributed by atoms with Crippen LogP contribution < -0.4 is 5.48 Å². The van der Waals surface area contributed by atoms with Gasteiger partial charge in [-0.25, -0.2) is 10.3 Å². The third-order valence-corrected chi connectivity index (χ3v) is 4.05. The number of halogens is 1. The Morgan fingerprint density at radius 1 is 0.963 bits per heavy atom. The molecule has 0 atom stereocenters. The number of carbonyl (C=O) groups is 2. The number of anilines is 1. The Balaban J connectivity index is 1.57. The lowest BCUT2D eigenvalue weighted by Gasteiger charge is -2.07. The predicted molar refractivity (Wildman–Crippen MR) is 103 cm³/mol. The molecule has 7 nitrogen and oxygen atoms in total. The summed E-state index contributed by atoms with van der Waals surface area (Å²) in [4.78, 5) is 32.8. The molecule has 0 radical (unpaired) electrons. The van der Waals surface area contributed by atoms with Crippen molar-refractivity contribution in [2.45, 2.75) is 0 Å². The number of benzene rings is 2. The number of carbonyl (C=O) groups excluding carboxylic acids is 2. The van der Waals surface area contributed by atoms with Crippen LogP contribution >= 0.6 is 15.9 Å². The van der Waals surface area contributed by atoms with Crippen LogP contribution in [0.3, 0.4) is 0 Å². The van der Waals surface area contributed by atoms with Crippen LogP contribution in [0.5, 0.6) is 0 Å². The molecule has 0 aliphatic carbocycles. The number of hydrogen-bond acceptors (Lipinski definition) is 6. The topological polar surface area (TPSA) is 93.0 Å². The second kappa shape index (κ2) is 8.81. The van der Waals surface area contributed by atoms with Gasteiger partial charge in [-0.3, -0.25) is 9.78 Å². The van der Waals surface area contributed by atoms with Gasteiger partial charge in [0.05, 0.1) is 16.9 Å². The maximum absolute atomic E-state index is 12.0. The first kappa shape index (κ1) is 18.4. The van der Waals surface area contributed by atoms with E-state index in [-0.39, 0.29) is 5.69 Å². The van der Waals surface area contributed by atoms with Crippen LogP contribution in [-0.2, 0) is 4.84 Å². The molecule has 0 unspecified atom stereocenters. The zero-order chi connectivity index (χ0) is 19.1. The van der Waals surface area contributed by atoms with E-state index in [0.717, 1.165) is 0 Å². The number of nitrogens with zero attached hydrogens (tertiary/aromatic N) is 3. The first-order valence-corrected chi connectivity index (χ1v) is 8.61. The van der Waals surface area contributed by atoms with Crippen molar-refractivity contribution in [2.75, 3.05) is 5.48 Å². The number of nitrogens with one attached hydrogen (secondary N) is 1. The number of hydrogen-bond donors (Lipinski definition) is 1. The molecule has 0 spiro atoms. The van der Waals surface area contributed by atoms with Crippen LogP contribution in [0.25, 0.3) is 0 Å². The van der Waals surface area contributed by atoms with Crippen molar-refractivity contribution in [3.63, 3.8) is 0 Å². The molecule has 3 rings (SSSR count). The third kappa shape index (κ3) is 5.05. The first-order valence-electron chi connectivity index (χ1n) is 7.82. The van der Waals surface area contributed by atoms with Crippen molar-refractivity contribution in [3.05, 3.63) is 88.7 Å². The van der Waals surface area contributed by atoms with Crippen molar-refractivity contribution in [3.8, 4) is 0 Å². The molecule has 134 valence electrons. The van der Waals surface area contributed by atoms with Crippen molar-refractivity contribution >= 4 is 39.2 Å². The van der Waals surface area contributed by atoms with E-state index in [2.05, 4.69) is 36.6 Å². The van der Waals surface area contributed by atoms with Crippen molar-refractivity contribution in [2.24, 2.45) is 10.2 Å². The highest BCUT2D eigenvalue weighted by Gasteiger charge is 2.11. The Bertz CT molecular complexity index is 976. The van der Waals surface area contributed by atoms with E-state index in [1.165, 1.54) is 6.20 Å². The maximum atomic E-state index is 12.0. The van der Waals surface area contributed by atoms with Gasteiger partial charge in [-0.1, -0.05) is 18.2 Å². The normalized spacial score (nSPS) is 10.6. The average Bonchev–Trinajstić information content (AvgIpc) is 2.72. The lowest BCUT2D eigenvalue weighted by molar-refractivity contribution is 0.0595. The van der Waals surface area contributed by atoms with Crippen LogP contribution in [0.15, 0.2) is 87.6 Å². The van der Waals surface area contributed by atoms with E-state index in [1.54, 1.807) is 66.7 Å². The van der Waals surface area contributed by atoms with Gasteiger partial charge in [0.15, 0.2) is 0 Å². The van der Waals surface area contributed by atoms with Crippen LogP contribution in [0.2, 0.25) is 0 Å². The number of aromatic nitrogens is 1. The Morgan fingerprint density at radius 2 is 1.70 bits per heavy atom. The van der Waals surface area contributed by atoms with Crippen molar-refractivity contribution < 1.29 is 14.4 Å². The highest BCUT2D eigenvalue weighted by atomic mass is 79.9. The second-order valence-corrected chi connectivity index (χ2v) is 6.09. The lowest BCUT2D eigenvalue weighted by atomic mass is 10.2.